The molecule has 7 nitrogen and oxygen atoms in total. The van der Waals surface area contributed by atoms with Gasteiger partial charge in [0.25, 0.3) is 0 Å². The number of hydrogen-bond donors (Lipinski definition) is 0. The van der Waals surface area contributed by atoms with Gasteiger partial charge in [0.2, 0.25) is 5.78 Å². The summed E-state index contributed by atoms with van der Waals surface area (Å²) in [5.74, 6) is 1.50. The van der Waals surface area contributed by atoms with Crippen LogP contribution in [-0.4, -0.2) is 42.9 Å². The second-order valence-corrected chi connectivity index (χ2v) is 9.21. The van der Waals surface area contributed by atoms with Crippen molar-refractivity contribution in [3.05, 3.63) is 68.9 Å². The van der Waals surface area contributed by atoms with E-state index in [-0.39, 0.29) is 17.5 Å². The molecule has 178 valence electrons. The summed E-state index contributed by atoms with van der Waals surface area (Å²) in [6, 6.07) is 6.85. The highest BCUT2D eigenvalue weighted by Gasteiger charge is 2.28. The quantitative estimate of drug-likeness (QED) is 0.331. The Bertz CT molecular complexity index is 1220. The number of Topliss-reactive ketones (excluding diaryl/α,β-unsaturated/α-hetero) is 1. The van der Waals surface area contributed by atoms with Gasteiger partial charge in [-0.15, -0.1) is 21.5 Å². The van der Waals surface area contributed by atoms with Crippen molar-refractivity contribution in [2.24, 2.45) is 0 Å². The topological polar surface area (TPSA) is 83.7 Å². The van der Waals surface area contributed by atoms with E-state index < -0.39 is 6.10 Å². The van der Waals surface area contributed by atoms with E-state index in [1.54, 1.807) is 35.6 Å². The summed E-state index contributed by atoms with van der Waals surface area (Å²) in [6.07, 6.45) is 5.98. The summed E-state index contributed by atoms with van der Waals surface area (Å²) in [5, 5.41) is 10.6. The number of carbonyl (C=O) groups excluding carboxylic acids is 1. The van der Waals surface area contributed by atoms with Gasteiger partial charge in [0.05, 0.1) is 14.2 Å². The van der Waals surface area contributed by atoms with Crippen LogP contribution in [0.15, 0.2) is 52.5 Å². The molecule has 4 rings (SSSR count). The third-order valence-electron chi connectivity index (χ3n) is 5.44. The van der Waals surface area contributed by atoms with Crippen molar-refractivity contribution < 1.29 is 23.4 Å². The Morgan fingerprint density at radius 2 is 1.97 bits per heavy atom. The lowest BCUT2D eigenvalue weighted by atomic mass is 9.92. The maximum Gasteiger partial charge on any atom is 0.231 e. The van der Waals surface area contributed by atoms with Gasteiger partial charge in [-0.05, 0) is 50.1 Å². The van der Waals surface area contributed by atoms with Crippen molar-refractivity contribution in [2.75, 3.05) is 20.8 Å². The van der Waals surface area contributed by atoms with Gasteiger partial charge >= 0.3 is 0 Å². The fraction of sp³-hybridized carbons (Fsp3) is 0.320. The molecule has 1 aliphatic rings. The van der Waals surface area contributed by atoms with Crippen LogP contribution in [0.5, 0.6) is 11.5 Å². The molecule has 1 aliphatic carbocycles. The summed E-state index contributed by atoms with van der Waals surface area (Å²) in [4.78, 5) is 13.3. The molecule has 0 saturated heterocycles. The van der Waals surface area contributed by atoms with Crippen molar-refractivity contribution in [3.8, 4) is 22.8 Å². The van der Waals surface area contributed by atoms with E-state index in [2.05, 4.69) is 16.3 Å². The largest absolute Gasteiger partial charge is 0.495 e. The molecule has 2 atom stereocenters. The van der Waals surface area contributed by atoms with Gasteiger partial charge in [-0.25, -0.2) is 0 Å². The van der Waals surface area contributed by atoms with Gasteiger partial charge in [0.15, 0.2) is 5.76 Å². The monoisotopic (exact) mass is 500 g/mol. The lowest BCUT2D eigenvalue weighted by molar-refractivity contribution is 0.0556. The van der Waals surface area contributed by atoms with Gasteiger partial charge in [0.1, 0.15) is 38.4 Å². The van der Waals surface area contributed by atoms with Crippen LogP contribution in [0.2, 0.25) is 5.02 Å². The average molecular weight is 501 g/mol. The molecule has 1 aromatic carbocycles. The highest BCUT2D eigenvalue weighted by molar-refractivity contribution is 7.11. The first-order valence-electron chi connectivity index (χ1n) is 10.8. The minimum absolute atomic E-state index is 0.150. The lowest BCUT2D eigenvalue weighted by Gasteiger charge is -2.20. The molecular weight excluding hydrogens is 476 g/mol. The molecule has 0 aliphatic heterocycles. The first kappa shape index (κ1) is 24.2. The van der Waals surface area contributed by atoms with Gasteiger partial charge in [-0.1, -0.05) is 29.8 Å². The molecular formula is C25H25ClN2O5S. The first-order chi connectivity index (χ1) is 16.4. The maximum atomic E-state index is 13.3. The molecule has 2 aromatic heterocycles. The van der Waals surface area contributed by atoms with Crippen LogP contribution < -0.4 is 9.47 Å². The normalized spacial score (nSPS) is 16.3. The highest BCUT2D eigenvalue weighted by atomic mass is 35.5. The number of nitrogens with zero attached hydrogens (tertiary/aromatic N) is 2. The predicted octanol–water partition coefficient (Wildman–Crippen LogP) is 6.04. The maximum absolute atomic E-state index is 13.3. The standard InChI is InChI=1S/C25H25ClN2O5S/c1-5-32-24(15-6-8-16(9-7-15)25-28-27-14(2)34-25)23(29)19-11-10-18(33-19)17-12-20(30-3)22(26)21(13-17)31-4/h6-8,10-13,16,24H,5,9H2,1-4H3. The molecule has 0 spiro atoms. The van der Waals surface area contributed by atoms with Crippen LogP contribution in [0, 0.1) is 6.92 Å². The SMILES string of the molecule is CCOC(C(=O)c1ccc(-c2cc(OC)c(Cl)c(OC)c2)o1)C1=CCC(c2nnc(C)s2)C=C1. The molecule has 0 fully saturated rings. The molecule has 9 heteroatoms. The van der Waals surface area contributed by atoms with Gasteiger partial charge in [0, 0.05) is 18.1 Å². The van der Waals surface area contributed by atoms with Gasteiger partial charge in [-0.3, -0.25) is 4.79 Å². The molecule has 2 unspecified atom stereocenters. The van der Waals surface area contributed by atoms with E-state index in [9.17, 15) is 4.79 Å². The number of aryl methyl sites for hydroxylation is 1. The van der Waals surface area contributed by atoms with E-state index >= 15 is 0 Å². The van der Waals surface area contributed by atoms with Crippen molar-refractivity contribution >= 4 is 28.7 Å². The van der Waals surface area contributed by atoms with Crippen LogP contribution in [0.1, 0.15) is 39.8 Å². The fourth-order valence-corrected chi connectivity index (χ4v) is 4.79. The van der Waals surface area contributed by atoms with E-state index in [0.717, 1.165) is 22.0 Å². The number of hydrogen-bond acceptors (Lipinski definition) is 8. The lowest BCUT2D eigenvalue weighted by Crippen LogP contribution is -2.26. The third-order valence-corrected chi connectivity index (χ3v) is 6.78. The van der Waals surface area contributed by atoms with E-state index in [1.807, 2.05) is 26.0 Å². The van der Waals surface area contributed by atoms with E-state index in [0.29, 0.717) is 34.5 Å². The van der Waals surface area contributed by atoms with Crippen LogP contribution in [0.4, 0.5) is 0 Å². The number of aromatic nitrogens is 2. The number of allylic oxidation sites excluding steroid dienone is 2. The third kappa shape index (κ3) is 4.94. The van der Waals surface area contributed by atoms with Gasteiger partial charge in [-0.2, -0.15) is 0 Å². The average Bonchev–Trinajstić information content (AvgIpc) is 3.52. The van der Waals surface area contributed by atoms with Crippen LogP contribution >= 0.6 is 22.9 Å². The molecule has 3 aromatic rings. The number of rotatable bonds is 9. The zero-order valence-electron chi connectivity index (χ0n) is 19.3. The van der Waals surface area contributed by atoms with Crippen molar-refractivity contribution in [3.63, 3.8) is 0 Å². The van der Waals surface area contributed by atoms with Crippen LogP contribution in [0.3, 0.4) is 0 Å². The van der Waals surface area contributed by atoms with Crippen LogP contribution in [0.25, 0.3) is 11.3 Å². The second-order valence-electron chi connectivity index (χ2n) is 7.62. The molecule has 2 heterocycles. The molecule has 0 radical (unpaired) electrons. The molecule has 0 amide bonds. The Morgan fingerprint density at radius 1 is 1.24 bits per heavy atom. The molecule has 34 heavy (non-hydrogen) atoms. The molecule has 0 bridgehead atoms. The highest BCUT2D eigenvalue weighted by Crippen LogP contribution is 2.39. The second kappa shape index (κ2) is 10.5. The predicted molar refractivity (Wildman–Crippen MR) is 131 cm³/mol. The van der Waals surface area contributed by atoms with E-state index in [4.69, 9.17) is 30.2 Å². The Labute approximate surface area is 207 Å². The van der Waals surface area contributed by atoms with Crippen molar-refractivity contribution in [2.45, 2.75) is 32.3 Å². The summed E-state index contributed by atoms with van der Waals surface area (Å²) >= 11 is 7.85. The number of halogens is 1. The zero-order chi connectivity index (χ0) is 24.2. The number of ether oxygens (including phenoxy) is 3. The molecule has 0 N–H and O–H groups in total. The van der Waals surface area contributed by atoms with Crippen molar-refractivity contribution in [1.29, 1.82) is 0 Å². The summed E-state index contributed by atoms with van der Waals surface area (Å²) in [5.41, 5.74) is 1.48. The van der Waals surface area contributed by atoms with E-state index in [1.165, 1.54) is 14.2 Å². The minimum atomic E-state index is -0.758. The molecule has 0 saturated carbocycles. The Balaban J connectivity index is 1.56. The fourth-order valence-electron chi connectivity index (χ4n) is 3.73. The van der Waals surface area contributed by atoms with Crippen LogP contribution in [-0.2, 0) is 4.74 Å². The van der Waals surface area contributed by atoms with Crippen molar-refractivity contribution in [1.82, 2.24) is 10.2 Å². The number of ketones is 1. The Kier molecular flexibility index (Phi) is 7.50. The summed E-state index contributed by atoms with van der Waals surface area (Å²) < 4.78 is 22.4. The van der Waals surface area contributed by atoms with Gasteiger partial charge < -0.3 is 18.6 Å². The Morgan fingerprint density at radius 3 is 2.53 bits per heavy atom. The number of methoxy groups -OCH3 is 2. The Hall–Kier alpha value is -2.94. The smallest absolute Gasteiger partial charge is 0.231 e. The first-order valence-corrected chi connectivity index (χ1v) is 12.0. The number of furan rings is 1. The zero-order valence-corrected chi connectivity index (χ0v) is 20.9. The summed E-state index contributed by atoms with van der Waals surface area (Å²) in [7, 11) is 3.05. The number of carbonyl (C=O) groups is 1. The summed E-state index contributed by atoms with van der Waals surface area (Å²) in [6.45, 7) is 4.19. The minimum Gasteiger partial charge on any atom is -0.495 e. The number of benzene rings is 1.